The molecule has 3 rings (SSSR count). The molecule has 0 radical (unpaired) electrons. The van der Waals surface area contributed by atoms with Gasteiger partial charge in [0.1, 0.15) is 23.1 Å². The first-order valence-corrected chi connectivity index (χ1v) is 9.21. The van der Waals surface area contributed by atoms with Crippen LogP contribution in [0, 0.1) is 5.82 Å². The van der Waals surface area contributed by atoms with Crippen LogP contribution in [0.15, 0.2) is 72.8 Å². The van der Waals surface area contributed by atoms with Gasteiger partial charge in [-0.25, -0.2) is 4.39 Å². The van der Waals surface area contributed by atoms with Gasteiger partial charge in [0.15, 0.2) is 0 Å². The van der Waals surface area contributed by atoms with Gasteiger partial charge in [-0.15, -0.1) is 0 Å². The van der Waals surface area contributed by atoms with Gasteiger partial charge in [0, 0.05) is 5.41 Å². The highest BCUT2D eigenvalue weighted by Crippen LogP contribution is 2.27. The van der Waals surface area contributed by atoms with E-state index in [0.29, 0.717) is 24.7 Å². The summed E-state index contributed by atoms with van der Waals surface area (Å²) in [6, 6.07) is 21.8. The van der Waals surface area contributed by atoms with Crippen LogP contribution in [-0.4, -0.2) is 13.7 Å². The van der Waals surface area contributed by atoms with Crippen molar-refractivity contribution in [3.63, 3.8) is 0 Å². The quantitative estimate of drug-likeness (QED) is 0.471. The normalized spacial score (nSPS) is 11.3. The molecule has 28 heavy (non-hydrogen) atoms. The molecule has 0 N–H and O–H groups in total. The Labute approximate surface area is 165 Å². The molecule has 4 heteroatoms. The van der Waals surface area contributed by atoms with Crippen molar-refractivity contribution in [3.05, 3.63) is 89.7 Å². The average Bonchev–Trinajstić information content (AvgIpc) is 2.70. The molecule has 0 aliphatic carbocycles. The minimum Gasteiger partial charge on any atom is -0.497 e. The Morgan fingerprint density at radius 2 is 1.50 bits per heavy atom. The summed E-state index contributed by atoms with van der Waals surface area (Å²) in [4.78, 5) is 0. The molecule has 0 saturated heterocycles. The summed E-state index contributed by atoms with van der Waals surface area (Å²) >= 11 is 0. The highest BCUT2D eigenvalue weighted by molar-refractivity contribution is 5.34. The molecule has 146 valence electrons. The van der Waals surface area contributed by atoms with Gasteiger partial charge < -0.3 is 14.2 Å². The largest absolute Gasteiger partial charge is 0.497 e. The summed E-state index contributed by atoms with van der Waals surface area (Å²) in [6.07, 6.45) is 0. The van der Waals surface area contributed by atoms with Crippen molar-refractivity contribution >= 4 is 0 Å². The second-order valence-electron chi connectivity index (χ2n) is 7.31. The topological polar surface area (TPSA) is 27.7 Å². The predicted molar refractivity (Wildman–Crippen MR) is 109 cm³/mol. The fraction of sp³-hybridized carbons (Fsp3) is 0.250. The van der Waals surface area contributed by atoms with E-state index < -0.39 is 0 Å². The Balaban J connectivity index is 1.57. The Bertz CT molecular complexity index is 886. The summed E-state index contributed by atoms with van der Waals surface area (Å²) in [6.45, 7) is 5.38. The maximum atomic E-state index is 13.0. The number of ether oxygens (including phenoxy) is 3. The molecular weight excluding hydrogens is 355 g/mol. The standard InChI is InChI=1S/C24H25FO3/c1-24(2,19-7-11-21(26-3)12-8-19)17-27-16-18-5-4-6-23(15-18)28-22-13-9-20(25)10-14-22/h4-15H,16-17H2,1-3H3. The Hall–Kier alpha value is -2.85. The molecule has 0 bridgehead atoms. The number of halogens is 1. The lowest BCUT2D eigenvalue weighted by molar-refractivity contribution is 0.0824. The number of rotatable bonds is 8. The van der Waals surface area contributed by atoms with Crippen molar-refractivity contribution in [3.8, 4) is 17.2 Å². The zero-order chi connectivity index (χ0) is 20.0. The van der Waals surface area contributed by atoms with Crippen molar-refractivity contribution < 1.29 is 18.6 Å². The first kappa shape index (κ1) is 19.9. The van der Waals surface area contributed by atoms with Gasteiger partial charge in [-0.1, -0.05) is 38.1 Å². The Morgan fingerprint density at radius 3 is 2.18 bits per heavy atom. The fourth-order valence-electron chi connectivity index (χ4n) is 2.89. The molecule has 0 aliphatic rings. The number of methoxy groups -OCH3 is 1. The third kappa shape index (κ3) is 5.33. The maximum absolute atomic E-state index is 13.0. The first-order chi connectivity index (χ1) is 13.5. The SMILES string of the molecule is COc1ccc(C(C)(C)COCc2cccc(Oc3ccc(F)cc3)c2)cc1. The summed E-state index contributed by atoms with van der Waals surface area (Å²) in [5.41, 5.74) is 2.10. The van der Waals surface area contributed by atoms with Gasteiger partial charge in [0.05, 0.1) is 20.3 Å². The van der Waals surface area contributed by atoms with Gasteiger partial charge in [-0.05, 0) is 59.7 Å². The lowest BCUT2D eigenvalue weighted by Gasteiger charge is -2.25. The Kier molecular flexibility index (Phi) is 6.32. The van der Waals surface area contributed by atoms with Crippen molar-refractivity contribution in [2.75, 3.05) is 13.7 Å². The maximum Gasteiger partial charge on any atom is 0.127 e. The molecule has 0 saturated carbocycles. The number of hydrogen-bond acceptors (Lipinski definition) is 3. The first-order valence-electron chi connectivity index (χ1n) is 9.21. The molecule has 3 aromatic rings. The highest BCUT2D eigenvalue weighted by Gasteiger charge is 2.21. The highest BCUT2D eigenvalue weighted by atomic mass is 19.1. The molecular formula is C24H25FO3. The summed E-state index contributed by atoms with van der Waals surface area (Å²) in [5.74, 6) is 1.86. The number of benzene rings is 3. The van der Waals surface area contributed by atoms with E-state index in [1.165, 1.54) is 17.7 Å². The number of hydrogen-bond donors (Lipinski definition) is 0. The van der Waals surface area contributed by atoms with Crippen molar-refractivity contribution in [1.82, 2.24) is 0 Å². The molecule has 0 aromatic heterocycles. The van der Waals surface area contributed by atoms with Crippen LogP contribution in [0.2, 0.25) is 0 Å². The van der Waals surface area contributed by atoms with Gasteiger partial charge in [-0.2, -0.15) is 0 Å². The van der Waals surface area contributed by atoms with Gasteiger partial charge >= 0.3 is 0 Å². The smallest absolute Gasteiger partial charge is 0.127 e. The van der Waals surface area contributed by atoms with E-state index in [1.807, 2.05) is 36.4 Å². The van der Waals surface area contributed by atoms with Crippen LogP contribution in [0.25, 0.3) is 0 Å². The fourth-order valence-corrected chi connectivity index (χ4v) is 2.89. The predicted octanol–water partition coefficient (Wildman–Crippen LogP) is 6.12. The second kappa shape index (κ2) is 8.89. The molecule has 0 spiro atoms. The molecule has 0 unspecified atom stereocenters. The third-order valence-corrected chi connectivity index (χ3v) is 4.55. The van der Waals surface area contributed by atoms with E-state index in [1.54, 1.807) is 19.2 Å². The minimum absolute atomic E-state index is 0.117. The van der Waals surface area contributed by atoms with Crippen molar-refractivity contribution in [2.24, 2.45) is 0 Å². The zero-order valence-electron chi connectivity index (χ0n) is 16.4. The molecule has 0 atom stereocenters. The van der Waals surface area contributed by atoms with Gasteiger partial charge in [0.2, 0.25) is 0 Å². The van der Waals surface area contributed by atoms with E-state index in [2.05, 4.69) is 26.0 Å². The molecule has 0 heterocycles. The van der Waals surface area contributed by atoms with Gasteiger partial charge in [-0.3, -0.25) is 0 Å². The van der Waals surface area contributed by atoms with E-state index in [0.717, 1.165) is 11.3 Å². The average molecular weight is 380 g/mol. The molecule has 3 nitrogen and oxygen atoms in total. The zero-order valence-corrected chi connectivity index (χ0v) is 16.4. The minimum atomic E-state index is -0.283. The summed E-state index contributed by atoms with van der Waals surface area (Å²) in [7, 11) is 1.66. The summed E-state index contributed by atoms with van der Waals surface area (Å²) < 4.78 is 30.0. The van der Waals surface area contributed by atoms with Gasteiger partial charge in [0.25, 0.3) is 0 Å². The lowest BCUT2D eigenvalue weighted by atomic mass is 9.85. The third-order valence-electron chi connectivity index (χ3n) is 4.55. The van der Waals surface area contributed by atoms with Crippen LogP contribution >= 0.6 is 0 Å². The van der Waals surface area contributed by atoms with E-state index in [9.17, 15) is 4.39 Å². The van der Waals surface area contributed by atoms with Crippen molar-refractivity contribution in [1.29, 1.82) is 0 Å². The molecule has 0 fully saturated rings. The van der Waals surface area contributed by atoms with E-state index in [4.69, 9.17) is 14.2 Å². The van der Waals surface area contributed by atoms with Crippen LogP contribution in [0.1, 0.15) is 25.0 Å². The molecule has 3 aromatic carbocycles. The van der Waals surface area contributed by atoms with E-state index in [-0.39, 0.29) is 11.2 Å². The second-order valence-corrected chi connectivity index (χ2v) is 7.31. The van der Waals surface area contributed by atoms with Crippen LogP contribution in [0.4, 0.5) is 4.39 Å². The van der Waals surface area contributed by atoms with Crippen molar-refractivity contribution in [2.45, 2.75) is 25.9 Å². The van der Waals surface area contributed by atoms with Crippen LogP contribution in [0.5, 0.6) is 17.2 Å². The molecule has 0 amide bonds. The Morgan fingerprint density at radius 1 is 0.821 bits per heavy atom. The van der Waals surface area contributed by atoms with Crippen LogP contribution < -0.4 is 9.47 Å². The monoisotopic (exact) mass is 380 g/mol. The van der Waals surface area contributed by atoms with Crippen LogP contribution in [0.3, 0.4) is 0 Å². The van der Waals surface area contributed by atoms with E-state index >= 15 is 0 Å². The van der Waals surface area contributed by atoms with Crippen LogP contribution in [-0.2, 0) is 16.8 Å². The summed E-state index contributed by atoms with van der Waals surface area (Å²) in [5, 5.41) is 0. The molecule has 0 aliphatic heterocycles. The lowest BCUT2D eigenvalue weighted by Crippen LogP contribution is -2.24.